The second-order valence-electron chi connectivity index (χ2n) is 7.67. The van der Waals surface area contributed by atoms with Crippen molar-refractivity contribution in [2.75, 3.05) is 24.7 Å². The Labute approximate surface area is 172 Å². The molecular weight excluding hydrogens is 428 g/mol. The van der Waals surface area contributed by atoms with Crippen LogP contribution in [0.3, 0.4) is 0 Å². The topological polar surface area (TPSA) is 114 Å². The second-order valence-corrected chi connectivity index (χ2v) is 8.59. The van der Waals surface area contributed by atoms with E-state index < -0.39 is 18.2 Å². The molecule has 4 N–H and O–H groups in total. The Bertz CT molecular complexity index is 800. The van der Waals surface area contributed by atoms with Crippen molar-refractivity contribution in [1.29, 1.82) is 0 Å². The number of anilines is 2. The lowest BCUT2D eigenvalue weighted by atomic mass is 10.0. The number of methoxy groups -OCH3 is 1. The molecule has 4 atom stereocenters. The number of alkyl carbamates (subject to hydrolysis) is 1. The predicted octanol–water partition coefficient (Wildman–Crippen LogP) is 2.20. The van der Waals surface area contributed by atoms with Crippen molar-refractivity contribution in [3.05, 3.63) is 22.7 Å². The second kappa shape index (κ2) is 7.98. The number of likely N-dealkylation sites (tertiary alicyclic amines) is 1. The van der Waals surface area contributed by atoms with Crippen LogP contribution in [0.1, 0.15) is 20.3 Å². The summed E-state index contributed by atoms with van der Waals surface area (Å²) in [4.78, 5) is 39.3. The number of benzene rings is 1. The van der Waals surface area contributed by atoms with Crippen molar-refractivity contribution >= 4 is 45.2 Å². The maximum Gasteiger partial charge on any atom is 0.407 e. The summed E-state index contributed by atoms with van der Waals surface area (Å²) < 4.78 is 5.45. The van der Waals surface area contributed by atoms with E-state index in [0.717, 1.165) is 10.9 Å². The molecule has 3 rings (SSSR count). The molecule has 8 nitrogen and oxygen atoms in total. The van der Waals surface area contributed by atoms with E-state index in [0.29, 0.717) is 23.8 Å². The van der Waals surface area contributed by atoms with Crippen molar-refractivity contribution in [2.24, 2.45) is 17.8 Å². The molecule has 1 aliphatic carbocycles. The third-order valence-corrected chi connectivity index (χ3v) is 5.86. The minimum Gasteiger partial charge on any atom is -0.453 e. The number of rotatable bonds is 5. The maximum atomic E-state index is 13.1. The minimum atomic E-state index is -0.752. The van der Waals surface area contributed by atoms with Gasteiger partial charge in [-0.2, -0.15) is 0 Å². The van der Waals surface area contributed by atoms with Crippen molar-refractivity contribution in [1.82, 2.24) is 10.2 Å². The molecule has 2 unspecified atom stereocenters. The third-order valence-electron chi connectivity index (χ3n) is 5.36. The average molecular weight is 453 g/mol. The molecule has 1 heterocycles. The number of carbonyl (C=O) groups is 3. The number of nitrogens with zero attached hydrogens (tertiary/aromatic N) is 1. The van der Waals surface area contributed by atoms with Crippen molar-refractivity contribution in [3.63, 3.8) is 0 Å². The summed E-state index contributed by atoms with van der Waals surface area (Å²) in [5.74, 6) is -0.196. The molecular formula is C19H25BrN4O4. The highest BCUT2D eigenvalue weighted by atomic mass is 79.9. The molecule has 0 radical (unpaired) electrons. The van der Waals surface area contributed by atoms with Gasteiger partial charge in [-0.05, 0) is 42.4 Å². The van der Waals surface area contributed by atoms with E-state index in [1.165, 1.54) is 7.11 Å². The number of carbonyl (C=O) groups excluding carboxylic acids is 3. The molecule has 28 heavy (non-hydrogen) atoms. The standard InChI is InChI=1S/C19H25BrN4O4/c1-9(2)15(23-19(27)28-3)18(26)24-8-10-6-12(10)16(24)17(25)22-14-5-4-11(20)7-13(14)21/h4-5,7,9-10,12,15-16H,6,8,21H2,1-3H3,(H,22,25)(H,23,27)/t10?,12?,15-,16-/m0/s1. The number of fused-ring (bicyclic) bond motifs is 1. The van der Waals surface area contributed by atoms with Crippen LogP contribution in [-0.4, -0.2) is 48.5 Å². The van der Waals surface area contributed by atoms with Gasteiger partial charge in [0.25, 0.3) is 0 Å². The monoisotopic (exact) mass is 452 g/mol. The summed E-state index contributed by atoms with van der Waals surface area (Å²) in [6.07, 6.45) is 0.258. The van der Waals surface area contributed by atoms with E-state index in [1.54, 1.807) is 23.1 Å². The Morgan fingerprint density at radius 1 is 1.32 bits per heavy atom. The number of hydrogen-bond donors (Lipinski definition) is 3. The summed E-state index contributed by atoms with van der Waals surface area (Å²) in [7, 11) is 1.25. The number of nitrogens with one attached hydrogen (secondary N) is 2. The van der Waals surface area contributed by atoms with Gasteiger partial charge in [-0.25, -0.2) is 4.79 Å². The molecule has 152 valence electrons. The summed E-state index contributed by atoms with van der Waals surface area (Å²) in [5, 5.41) is 5.44. The Morgan fingerprint density at radius 3 is 2.64 bits per heavy atom. The van der Waals surface area contributed by atoms with E-state index in [1.807, 2.05) is 13.8 Å². The van der Waals surface area contributed by atoms with E-state index in [9.17, 15) is 14.4 Å². The smallest absolute Gasteiger partial charge is 0.407 e. The number of nitrogens with two attached hydrogens (primary N) is 1. The quantitative estimate of drug-likeness (QED) is 0.592. The highest BCUT2D eigenvalue weighted by molar-refractivity contribution is 9.10. The molecule has 0 bridgehead atoms. The van der Waals surface area contributed by atoms with Gasteiger partial charge in [-0.1, -0.05) is 29.8 Å². The number of halogens is 1. The molecule has 1 saturated carbocycles. The lowest BCUT2D eigenvalue weighted by molar-refractivity contribution is -0.140. The van der Waals surface area contributed by atoms with Gasteiger partial charge in [0.15, 0.2) is 0 Å². The van der Waals surface area contributed by atoms with E-state index >= 15 is 0 Å². The van der Waals surface area contributed by atoms with Crippen LogP contribution in [0, 0.1) is 17.8 Å². The summed E-state index contributed by atoms with van der Waals surface area (Å²) in [5.41, 5.74) is 6.93. The largest absolute Gasteiger partial charge is 0.453 e. The van der Waals surface area contributed by atoms with E-state index in [2.05, 4.69) is 31.3 Å². The first-order chi connectivity index (χ1) is 13.2. The predicted molar refractivity (Wildman–Crippen MR) is 108 cm³/mol. The van der Waals surface area contributed by atoms with Crippen molar-refractivity contribution < 1.29 is 19.1 Å². The fraction of sp³-hybridized carbons (Fsp3) is 0.526. The first kappa shape index (κ1) is 20.4. The van der Waals surface area contributed by atoms with Crippen molar-refractivity contribution in [2.45, 2.75) is 32.4 Å². The Kier molecular flexibility index (Phi) is 5.83. The number of amides is 3. The zero-order chi connectivity index (χ0) is 20.6. The van der Waals surface area contributed by atoms with Crippen LogP contribution in [-0.2, 0) is 14.3 Å². The zero-order valence-corrected chi connectivity index (χ0v) is 17.7. The number of ether oxygens (including phenoxy) is 1. The van der Waals surface area contributed by atoms with Gasteiger partial charge in [0.05, 0.1) is 18.5 Å². The lowest BCUT2D eigenvalue weighted by Crippen LogP contribution is -2.55. The molecule has 3 amide bonds. The molecule has 2 fully saturated rings. The van der Waals surface area contributed by atoms with Gasteiger partial charge in [-0.15, -0.1) is 0 Å². The molecule has 9 heteroatoms. The van der Waals surface area contributed by atoms with E-state index in [-0.39, 0.29) is 23.7 Å². The third kappa shape index (κ3) is 4.09. The van der Waals surface area contributed by atoms with Gasteiger partial charge in [0, 0.05) is 11.0 Å². The van der Waals surface area contributed by atoms with Crippen LogP contribution in [0.25, 0.3) is 0 Å². The van der Waals surface area contributed by atoms with Gasteiger partial charge in [-0.3, -0.25) is 9.59 Å². The average Bonchev–Trinajstić information content (AvgIpc) is 3.30. The highest BCUT2D eigenvalue weighted by Crippen LogP contribution is 2.50. The summed E-state index contributed by atoms with van der Waals surface area (Å²) in [6.45, 7) is 4.20. The molecule has 1 saturated heterocycles. The van der Waals surface area contributed by atoms with Crippen LogP contribution < -0.4 is 16.4 Å². The van der Waals surface area contributed by atoms with Crippen LogP contribution in [0.15, 0.2) is 22.7 Å². The van der Waals surface area contributed by atoms with Crippen molar-refractivity contribution in [3.8, 4) is 0 Å². The molecule has 0 aromatic heterocycles. The summed E-state index contributed by atoms with van der Waals surface area (Å²) >= 11 is 3.34. The van der Waals surface area contributed by atoms with Crippen LogP contribution in [0.5, 0.6) is 0 Å². The first-order valence-electron chi connectivity index (χ1n) is 9.23. The normalized spacial score (nSPS) is 23.8. The first-order valence-corrected chi connectivity index (χ1v) is 10.0. The maximum absolute atomic E-state index is 13.1. The molecule has 1 aromatic carbocycles. The van der Waals surface area contributed by atoms with E-state index in [4.69, 9.17) is 5.73 Å². The SMILES string of the molecule is COC(=O)N[C@H](C(=O)N1CC2CC2[C@H]1C(=O)Nc1ccc(Br)cc1N)C(C)C. The number of piperidine rings is 1. The van der Waals surface area contributed by atoms with Gasteiger partial charge >= 0.3 is 6.09 Å². The van der Waals surface area contributed by atoms with Crippen LogP contribution >= 0.6 is 15.9 Å². The zero-order valence-electron chi connectivity index (χ0n) is 16.1. The number of nitrogen functional groups attached to an aromatic ring is 1. The minimum absolute atomic E-state index is 0.144. The van der Waals surface area contributed by atoms with Crippen LogP contribution in [0.2, 0.25) is 0 Å². The summed E-state index contributed by atoms with van der Waals surface area (Å²) in [6, 6.07) is 3.90. The number of hydrogen-bond acceptors (Lipinski definition) is 5. The molecule has 1 aromatic rings. The molecule has 1 aliphatic heterocycles. The molecule has 2 aliphatic rings. The highest BCUT2D eigenvalue weighted by Gasteiger charge is 2.57. The van der Waals surface area contributed by atoms with Gasteiger partial charge in [0.2, 0.25) is 11.8 Å². The molecule has 0 spiro atoms. The fourth-order valence-corrected chi connectivity index (χ4v) is 4.14. The Balaban J connectivity index is 1.77. The Hall–Kier alpha value is -2.29. The fourth-order valence-electron chi connectivity index (χ4n) is 3.76. The van der Waals surface area contributed by atoms with Crippen LogP contribution in [0.4, 0.5) is 16.2 Å². The van der Waals surface area contributed by atoms with Gasteiger partial charge < -0.3 is 26.0 Å². The van der Waals surface area contributed by atoms with Gasteiger partial charge in [0.1, 0.15) is 12.1 Å². The Morgan fingerprint density at radius 2 is 2.04 bits per heavy atom. The lowest BCUT2D eigenvalue weighted by Gasteiger charge is -2.32.